The maximum Gasteiger partial charge on any atom is 0.174 e. The van der Waals surface area contributed by atoms with Crippen LogP contribution >= 0.6 is 34.2 Å². The SMILES string of the molecule is COc1cc(CNc2ccc(F)c(Cl)c2)cc(I)c1OCc1cccc2ccccc12. The Morgan fingerprint density at radius 3 is 2.61 bits per heavy atom. The fourth-order valence-corrected chi connectivity index (χ4v) is 4.40. The van der Waals surface area contributed by atoms with E-state index in [9.17, 15) is 4.39 Å². The molecule has 0 fully saturated rings. The maximum atomic E-state index is 13.3. The first-order valence-corrected chi connectivity index (χ1v) is 11.2. The van der Waals surface area contributed by atoms with Gasteiger partial charge in [-0.15, -0.1) is 0 Å². The summed E-state index contributed by atoms with van der Waals surface area (Å²) in [5.41, 5.74) is 2.88. The molecule has 0 saturated heterocycles. The second-order valence-electron chi connectivity index (χ2n) is 7.02. The number of hydrogen-bond acceptors (Lipinski definition) is 3. The average Bonchev–Trinajstić information content (AvgIpc) is 2.78. The molecule has 0 aromatic heterocycles. The quantitative estimate of drug-likeness (QED) is 0.244. The fraction of sp³-hybridized carbons (Fsp3) is 0.120. The van der Waals surface area contributed by atoms with Gasteiger partial charge in [0.2, 0.25) is 0 Å². The summed E-state index contributed by atoms with van der Waals surface area (Å²) in [6, 6.07) is 23.0. The zero-order chi connectivity index (χ0) is 21.8. The van der Waals surface area contributed by atoms with Gasteiger partial charge in [0.05, 0.1) is 15.7 Å². The Hall–Kier alpha value is -2.51. The van der Waals surface area contributed by atoms with Crippen LogP contribution in [0, 0.1) is 9.39 Å². The van der Waals surface area contributed by atoms with Gasteiger partial charge in [0, 0.05) is 12.2 Å². The van der Waals surface area contributed by atoms with Crippen LogP contribution in [0.25, 0.3) is 10.8 Å². The summed E-state index contributed by atoms with van der Waals surface area (Å²) in [6.45, 7) is 0.983. The molecule has 0 radical (unpaired) electrons. The van der Waals surface area contributed by atoms with E-state index in [1.54, 1.807) is 19.2 Å². The van der Waals surface area contributed by atoms with Gasteiger partial charge in [0.25, 0.3) is 0 Å². The molecular weight excluding hydrogens is 528 g/mol. The first-order chi connectivity index (χ1) is 15.0. The monoisotopic (exact) mass is 547 g/mol. The zero-order valence-corrected chi connectivity index (χ0v) is 19.7. The number of methoxy groups -OCH3 is 1. The highest BCUT2D eigenvalue weighted by molar-refractivity contribution is 14.1. The molecule has 0 aliphatic carbocycles. The minimum Gasteiger partial charge on any atom is -0.493 e. The molecule has 0 saturated carbocycles. The zero-order valence-electron chi connectivity index (χ0n) is 16.8. The number of anilines is 1. The van der Waals surface area contributed by atoms with Crippen LogP contribution in [0.3, 0.4) is 0 Å². The number of fused-ring (bicyclic) bond motifs is 1. The lowest BCUT2D eigenvalue weighted by atomic mass is 10.1. The smallest absolute Gasteiger partial charge is 0.174 e. The van der Waals surface area contributed by atoms with E-state index in [0.29, 0.717) is 24.7 Å². The third kappa shape index (κ3) is 5.05. The lowest BCUT2D eigenvalue weighted by molar-refractivity contribution is 0.283. The minimum atomic E-state index is -0.434. The molecule has 0 heterocycles. The molecule has 0 spiro atoms. The maximum absolute atomic E-state index is 13.3. The Morgan fingerprint density at radius 2 is 1.81 bits per heavy atom. The largest absolute Gasteiger partial charge is 0.493 e. The van der Waals surface area contributed by atoms with E-state index < -0.39 is 5.82 Å². The summed E-state index contributed by atoms with van der Waals surface area (Å²) in [7, 11) is 1.63. The van der Waals surface area contributed by atoms with Gasteiger partial charge in [-0.1, -0.05) is 54.1 Å². The Balaban J connectivity index is 1.51. The normalized spacial score (nSPS) is 10.8. The Labute approximate surface area is 199 Å². The van der Waals surface area contributed by atoms with E-state index in [4.69, 9.17) is 21.1 Å². The lowest BCUT2D eigenvalue weighted by Crippen LogP contribution is -2.04. The molecule has 0 unspecified atom stereocenters. The summed E-state index contributed by atoms with van der Waals surface area (Å²) >= 11 is 8.11. The molecule has 0 aliphatic rings. The first kappa shape index (κ1) is 21.7. The number of nitrogens with one attached hydrogen (secondary N) is 1. The summed E-state index contributed by atoms with van der Waals surface area (Å²) in [4.78, 5) is 0. The van der Waals surface area contributed by atoms with E-state index >= 15 is 0 Å². The third-order valence-corrected chi connectivity index (χ3v) is 6.05. The van der Waals surface area contributed by atoms with Crippen molar-refractivity contribution in [1.29, 1.82) is 0 Å². The molecule has 6 heteroatoms. The Bertz CT molecular complexity index is 1230. The van der Waals surface area contributed by atoms with Crippen molar-refractivity contribution >= 4 is 50.7 Å². The standard InChI is InChI=1S/C25H20ClFINO2/c1-30-24-12-16(14-29-19-9-10-22(27)21(26)13-19)11-23(28)25(24)31-15-18-7-4-6-17-5-2-3-8-20(17)18/h2-13,29H,14-15H2,1H3. The van der Waals surface area contributed by atoms with Crippen molar-refractivity contribution in [2.75, 3.05) is 12.4 Å². The molecule has 0 amide bonds. The number of benzene rings is 4. The van der Waals surface area contributed by atoms with E-state index in [-0.39, 0.29) is 5.02 Å². The number of rotatable bonds is 7. The van der Waals surface area contributed by atoms with Crippen LogP contribution in [-0.4, -0.2) is 7.11 Å². The fourth-order valence-electron chi connectivity index (χ4n) is 3.39. The van der Waals surface area contributed by atoms with Crippen molar-refractivity contribution < 1.29 is 13.9 Å². The number of hydrogen-bond donors (Lipinski definition) is 1. The van der Waals surface area contributed by atoms with Gasteiger partial charge in [-0.2, -0.15) is 0 Å². The average molecular weight is 548 g/mol. The van der Waals surface area contributed by atoms with Crippen molar-refractivity contribution in [3.63, 3.8) is 0 Å². The predicted molar refractivity (Wildman–Crippen MR) is 133 cm³/mol. The molecule has 31 heavy (non-hydrogen) atoms. The second kappa shape index (κ2) is 9.75. The molecule has 4 aromatic rings. The summed E-state index contributed by atoms with van der Waals surface area (Å²) < 4.78 is 26.1. The van der Waals surface area contributed by atoms with E-state index in [1.165, 1.54) is 16.8 Å². The molecule has 1 N–H and O–H groups in total. The first-order valence-electron chi connectivity index (χ1n) is 9.70. The van der Waals surface area contributed by atoms with Crippen LogP contribution in [0.5, 0.6) is 11.5 Å². The van der Waals surface area contributed by atoms with Crippen molar-refractivity contribution in [1.82, 2.24) is 0 Å². The third-order valence-electron chi connectivity index (χ3n) is 4.96. The van der Waals surface area contributed by atoms with Crippen LogP contribution in [0.1, 0.15) is 11.1 Å². The van der Waals surface area contributed by atoms with E-state index in [2.05, 4.69) is 52.2 Å². The van der Waals surface area contributed by atoms with Crippen LogP contribution in [0.2, 0.25) is 5.02 Å². The lowest BCUT2D eigenvalue weighted by Gasteiger charge is -2.16. The van der Waals surface area contributed by atoms with Crippen LogP contribution in [-0.2, 0) is 13.2 Å². The van der Waals surface area contributed by atoms with Crippen molar-refractivity contribution in [2.24, 2.45) is 0 Å². The van der Waals surface area contributed by atoms with Crippen molar-refractivity contribution in [3.05, 3.63) is 98.3 Å². The van der Waals surface area contributed by atoms with E-state index in [0.717, 1.165) is 20.4 Å². The highest BCUT2D eigenvalue weighted by Gasteiger charge is 2.13. The molecular formula is C25H20ClFINO2. The minimum absolute atomic E-state index is 0.0920. The molecule has 0 atom stereocenters. The molecule has 158 valence electrons. The molecule has 4 aromatic carbocycles. The molecule has 3 nitrogen and oxygen atoms in total. The van der Waals surface area contributed by atoms with Gasteiger partial charge >= 0.3 is 0 Å². The predicted octanol–water partition coefficient (Wildman–Crippen LogP) is 7.44. The van der Waals surface area contributed by atoms with Gasteiger partial charge in [0.1, 0.15) is 12.4 Å². The van der Waals surface area contributed by atoms with Gasteiger partial charge in [-0.3, -0.25) is 0 Å². The Kier molecular flexibility index (Phi) is 6.83. The second-order valence-corrected chi connectivity index (χ2v) is 8.59. The molecule has 0 aliphatic heterocycles. The van der Waals surface area contributed by atoms with Gasteiger partial charge in [0.15, 0.2) is 11.5 Å². The highest BCUT2D eigenvalue weighted by Crippen LogP contribution is 2.35. The van der Waals surface area contributed by atoms with Crippen LogP contribution in [0.15, 0.2) is 72.8 Å². The summed E-state index contributed by atoms with van der Waals surface area (Å²) in [6.07, 6.45) is 0. The highest BCUT2D eigenvalue weighted by atomic mass is 127. The van der Waals surface area contributed by atoms with Gasteiger partial charge in [-0.05, 0) is 74.8 Å². The van der Waals surface area contributed by atoms with Gasteiger partial charge in [-0.25, -0.2) is 4.39 Å². The van der Waals surface area contributed by atoms with Crippen molar-refractivity contribution in [2.45, 2.75) is 13.2 Å². The molecule has 0 bridgehead atoms. The van der Waals surface area contributed by atoms with Crippen LogP contribution in [0.4, 0.5) is 10.1 Å². The Morgan fingerprint density at radius 1 is 1.00 bits per heavy atom. The number of halogens is 3. The van der Waals surface area contributed by atoms with Crippen molar-refractivity contribution in [3.8, 4) is 11.5 Å². The summed E-state index contributed by atoms with van der Waals surface area (Å²) in [5, 5.41) is 5.71. The number of ether oxygens (including phenoxy) is 2. The molecule has 4 rings (SSSR count). The van der Waals surface area contributed by atoms with Gasteiger partial charge < -0.3 is 14.8 Å². The van der Waals surface area contributed by atoms with E-state index in [1.807, 2.05) is 30.3 Å². The van der Waals surface area contributed by atoms with Crippen LogP contribution < -0.4 is 14.8 Å². The summed E-state index contributed by atoms with van der Waals surface area (Å²) in [5.74, 6) is 0.946. The topological polar surface area (TPSA) is 30.5 Å².